The monoisotopic (exact) mass is 343 g/mol. The van der Waals surface area contributed by atoms with Crippen LogP contribution in [0.15, 0.2) is 54.6 Å². The van der Waals surface area contributed by atoms with Gasteiger partial charge < -0.3 is 15.2 Å². The number of amides is 1. The molecular formula is C19H18FNO4. The molecule has 0 heterocycles. The molecular weight excluding hydrogens is 325 g/mol. The predicted molar refractivity (Wildman–Crippen MR) is 91.4 cm³/mol. The third kappa shape index (κ3) is 6.47. The molecule has 0 radical (unpaired) electrons. The quantitative estimate of drug-likeness (QED) is 0.808. The number of hydrogen-bond donors (Lipinski definition) is 2. The Morgan fingerprint density at radius 3 is 2.60 bits per heavy atom. The molecule has 0 aliphatic carbocycles. The Kier molecular flexibility index (Phi) is 6.71. The van der Waals surface area contributed by atoms with Crippen LogP contribution in [0.4, 0.5) is 9.18 Å². The minimum absolute atomic E-state index is 0.163. The summed E-state index contributed by atoms with van der Waals surface area (Å²) in [5, 5.41) is 11.3. The molecule has 0 saturated heterocycles. The molecule has 0 bridgehead atoms. The van der Waals surface area contributed by atoms with Crippen molar-refractivity contribution in [3.8, 4) is 0 Å². The average molecular weight is 343 g/mol. The fourth-order valence-electron chi connectivity index (χ4n) is 2.11. The van der Waals surface area contributed by atoms with Crippen LogP contribution in [0.25, 0.3) is 6.08 Å². The van der Waals surface area contributed by atoms with Gasteiger partial charge in [-0.2, -0.15) is 0 Å². The van der Waals surface area contributed by atoms with E-state index >= 15 is 0 Å². The van der Waals surface area contributed by atoms with Crippen LogP contribution in [0.5, 0.6) is 0 Å². The fourth-order valence-corrected chi connectivity index (χ4v) is 2.11. The maximum Gasteiger partial charge on any atom is 0.407 e. The first-order valence-electron chi connectivity index (χ1n) is 7.66. The normalized spacial score (nSPS) is 10.6. The number of carbonyl (C=O) groups is 2. The Balaban J connectivity index is 1.80. The topological polar surface area (TPSA) is 75.6 Å². The highest BCUT2D eigenvalue weighted by Crippen LogP contribution is 2.13. The van der Waals surface area contributed by atoms with Crippen LogP contribution in [-0.2, 0) is 22.6 Å². The lowest BCUT2D eigenvalue weighted by atomic mass is 10.1. The second-order valence-corrected chi connectivity index (χ2v) is 5.27. The zero-order valence-corrected chi connectivity index (χ0v) is 13.4. The molecule has 6 heteroatoms. The molecule has 2 rings (SSSR count). The molecule has 130 valence electrons. The molecule has 0 unspecified atom stereocenters. The van der Waals surface area contributed by atoms with Crippen molar-refractivity contribution in [3.05, 3.63) is 77.1 Å². The third-order valence-corrected chi connectivity index (χ3v) is 3.29. The number of carbonyl (C=O) groups excluding carboxylic acids is 1. The van der Waals surface area contributed by atoms with E-state index in [1.54, 1.807) is 6.08 Å². The summed E-state index contributed by atoms with van der Waals surface area (Å²) in [4.78, 5) is 22.3. The van der Waals surface area contributed by atoms with E-state index in [-0.39, 0.29) is 25.1 Å². The first kappa shape index (κ1) is 18.2. The molecule has 2 aromatic carbocycles. The van der Waals surface area contributed by atoms with E-state index in [1.807, 2.05) is 30.3 Å². The Labute approximate surface area is 144 Å². The van der Waals surface area contributed by atoms with Gasteiger partial charge in [-0.3, -0.25) is 4.79 Å². The highest BCUT2D eigenvalue weighted by molar-refractivity contribution is 5.71. The smallest absolute Gasteiger partial charge is 0.407 e. The summed E-state index contributed by atoms with van der Waals surface area (Å²) in [5.41, 5.74) is 1.65. The van der Waals surface area contributed by atoms with E-state index < -0.39 is 17.9 Å². The molecule has 5 nitrogen and oxygen atoms in total. The standard InChI is InChI=1S/C19H18FNO4/c20-17-9-8-15(12-18(22)23)11-16(17)7-4-10-21-19(24)25-13-14-5-2-1-3-6-14/h1-9,11H,10,12-13H2,(H,21,24)(H,22,23). The third-order valence-electron chi connectivity index (χ3n) is 3.29. The molecule has 2 N–H and O–H groups in total. The number of aliphatic carboxylic acids is 1. The summed E-state index contributed by atoms with van der Waals surface area (Å²) in [5.74, 6) is -1.44. The number of nitrogens with one attached hydrogen (secondary N) is 1. The summed E-state index contributed by atoms with van der Waals surface area (Å²) in [6.07, 6.45) is 2.30. The molecule has 1 amide bonds. The van der Waals surface area contributed by atoms with Crippen LogP contribution >= 0.6 is 0 Å². The summed E-state index contributed by atoms with van der Waals surface area (Å²) >= 11 is 0. The Bertz CT molecular complexity index is 759. The van der Waals surface area contributed by atoms with E-state index in [9.17, 15) is 14.0 Å². The second kappa shape index (κ2) is 9.22. The first-order valence-corrected chi connectivity index (χ1v) is 7.66. The molecule has 2 aromatic rings. The minimum atomic E-state index is -0.982. The van der Waals surface area contributed by atoms with Crippen molar-refractivity contribution in [2.75, 3.05) is 6.54 Å². The van der Waals surface area contributed by atoms with Crippen LogP contribution in [0, 0.1) is 5.82 Å². The van der Waals surface area contributed by atoms with Crippen molar-refractivity contribution in [3.63, 3.8) is 0 Å². The van der Waals surface area contributed by atoms with Gasteiger partial charge in [0.05, 0.1) is 6.42 Å². The molecule has 0 fully saturated rings. The van der Waals surface area contributed by atoms with Crippen LogP contribution in [0.2, 0.25) is 0 Å². The van der Waals surface area contributed by atoms with Gasteiger partial charge in [0, 0.05) is 12.1 Å². The summed E-state index contributed by atoms with van der Waals surface area (Å²) in [6.45, 7) is 0.332. The van der Waals surface area contributed by atoms with E-state index in [0.717, 1.165) is 5.56 Å². The van der Waals surface area contributed by atoms with E-state index in [2.05, 4.69) is 5.32 Å². The number of alkyl carbamates (subject to hydrolysis) is 1. The Morgan fingerprint density at radius 2 is 1.88 bits per heavy atom. The van der Waals surface area contributed by atoms with Crippen LogP contribution in [0.3, 0.4) is 0 Å². The van der Waals surface area contributed by atoms with Gasteiger partial charge >= 0.3 is 12.1 Å². The zero-order valence-electron chi connectivity index (χ0n) is 13.4. The number of carboxylic acid groups (broad SMARTS) is 1. The van der Waals surface area contributed by atoms with E-state index in [4.69, 9.17) is 9.84 Å². The minimum Gasteiger partial charge on any atom is -0.481 e. The van der Waals surface area contributed by atoms with Crippen molar-refractivity contribution in [2.24, 2.45) is 0 Å². The first-order chi connectivity index (χ1) is 12.0. The molecule has 0 spiro atoms. The highest BCUT2D eigenvalue weighted by atomic mass is 19.1. The SMILES string of the molecule is O=C(O)Cc1ccc(F)c(C=CCNC(=O)OCc2ccccc2)c1. The van der Waals surface area contributed by atoms with Crippen LogP contribution in [0.1, 0.15) is 16.7 Å². The zero-order chi connectivity index (χ0) is 18.1. The van der Waals surface area contributed by atoms with Gasteiger partial charge in [0.25, 0.3) is 0 Å². The second-order valence-electron chi connectivity index (χ2n) is 5.27. The van der Waals surface area contributed by atoms with Crippen molar-refractivity contribution < 1.29 is 23.8 Å². The Hall–Kier alpha value is -3.15. The highest BCUT2D eigenvalue weighted by Gasteiger charge is 2.05. The van der Waals surface area contributed by atoms with Gasteiger partial charge in [-0.25, -0.2) is 9.18 Å². The van der Waals surface area contributed by atoms with E-state index in [0.29, 0.717) is 5.56 Å². The fraction of sp³-hybridized carbons (Fsp3) is 0.158. The summed E-state index contributed by atoms with van der Waals surface area (Å²) < 4.78 is 18.7. The van der Waals surface area contributed by atoms with Gasteiger partial charge in [-0.15, -0.1) is 0 Å². The van der Waals surface area contributed by atoms with E-state index in [1.165, 1.54) is 24.3 Å². The number of ether oxygens (including phenoxy) is 1. The van der Waals surface area contributed by atoms with Gasteiger partial charge in [0.1, 0.15) is 12.4 Å². The molecule has 25 heavy (non-hydrogen) atoms. The summed E-state index contributed by atoms with van der Waals surface area (Å²) in [7, 11) is 0. The average Bonchev–Trinajstić information content (AvgIpc) is 2.60. The van der Waals surface area contributed by atoms with Crippen molar-refractivity contribution >= 4 is 18.1 Å². The molecule has 0 aromatic heterocycles. The number of benzene rings is 2. The molecule has 0 atom stereocenters. The maximum absolute atomic E-state index is 13.7. The van der Waals surface area contributed by atoms with Crippen molar-refractivity contribution in [2.45, 2.75) is 13.0 Å². The van der Waals surface area contributed by atoms with Crippen molar-refractivity contribution in [1.82, 2.24) is 5.32 Å². The molecule has 0 saturated carbocycles. The lowest BCUT2D eigenvalue weighted by molar-refractivity contribution is -0.136. The number of hydrogen-bond acceptors (Lipinski definition) is 3. The number of carboxylic acids is 1. The van der Waals surface area contributed by atoms with Crippen LogP contribution < -0.4 is 5.32 Å². The van der Waals surface area contributed by atoms with Gasteiger partial charge in [0.15, 0.2) is 0 Å². The lowest BCUT2D eigenvalue weighted by Crippen LogP contribution is -2.24. The van der Waals surface area contributed by atoms with Gasteiger partial charge in [-0.1, -0.05) is 48.6 Å². The number of halogens is 1. The van der Waals surface area contributed by atoms with Gasteiger partial charge in [0.2, 0.25) is 0 Å². The molecule has 0 aliphatic heterocycles. The van der Waals surface area contributed by atoms with Crippen molar-refractivity contribution in [1.29, 1.82) is 0 Å². The predicted octanol–water partition coefficient (Wildman–Crippen LogP) is 3.39. The molecule has 0 aliphatic rings. The number of rotatable bonds is 7. The Morgan fingerprint density at radius 1 is 1.12 bits per heavy atom. The maximum atomic E-state index is 13.7. The lowest BCUT2D eigenvalue weighted by Gasteiger charge is -2.05. The largest absolute Gasteiger partial charge is 0.481 e. The van der Waals surface area contributed by atoms with Gasteiger partial charge in [-0.05, 0) is 23.3 Å². The van der Waals surface area contributed by atoms with Crippen LogP contribution in [-0.4, -0.2) is 23.7 Å². The summed E-state index contributed by atoms with van der Waals surface area (Å²) in [6, 6.07) is 13.4.